The molecule has 1 amide bonds. The van der Waals surface area contributed by atoms with Gasteiger partial charge in [0.15, 0.2) is 0 Å². The smallest absolute Gasteiger partial charge is 0.241 e. The molecule has 1 saturated heterocycles. The molecular formula is C17H33N3O. The molecule has 0 bridgehead atoms. The lowest BCUT2D eigenvalue weighted by Crippen LogP contribution is -2.54. The molecule has 2 atom stereocenters. The Morgan fingerprint density at radius 2 is 1.81 bits per heavy atom. The van der Waals surface area contributed by atoms with E-state index in [1.807, 2.05) is 0 Å². The maximum absolute atomic E-state index is 12.8. The summed E-state index contributed by atoms with van der Waals surface area (Å²) in [5.74, 6) is 0.337. The minimum atomic E-state index is 0.0483. The highest BCUT2D eigenvalue weighted by Gasteiger charge is 2.44. The van der Waals surface area contributed by atoms with Crippen LogP contribution in [0.2, 0.25) is 0 Å². The number of nitrogens with one attached hydrogen (secondary N) is 1. The van der Waals surface area contributed by atoms with Crippen molar-refractivity contribution in [3.05, 3.63) is 0 Å². The minimum absolute atomic E-state index is 0.0483. The van der Waals surface area contributed by atoms with E-state index in [9.17, 15) is 4.79 Å². The zero-order valence-corrected chi connectivity index (χ0v) is 14.3. The van der Waals surface area contributed by atoms with E-state index < -0.39 is 0 Å². The van der Waals surface area contributed by atoms with Crippen LogP contribution in [0.3, 0.4) is 0 Å². The fourth-order valence-electron chi connectivity index (χ4n) is 4.04. The van der Waals surface area contributed by atoms with Crippen molar-refractivity contribution in [3.8, 4) is 0 Å². The number of amides is 1. The topological polar surface area (TPSA) is 35.6 Å². The monoisotopic (exact) mass is 295 g/mol. The standard InChI is InChI=1S/C17H33N3O/c1-5-9-14-16(21)20(15(18-14)10-6-2)13-17(19(3)4)11-7-8-12-17/h14-15,18H,5-13H2,1-4H3. The molecule has 2 rings (SSSR count). The van der Waals surface area contributed by atoms with Crippen LogP contribution in [-0.4, -0.2) is 54.1 Å². The molecule has 0 spiro atoms. The zero-order chi connectivity index (χ0) is 15.5. The van der Waals surface area contributed by atoms with Crippen LogP contribution in [0.5, 0.6) is 0 Å². The second-order valence-electron chi connectivity index (χ2n) is 7.10. The Morgan fingerprint density at radius 3 is 2.33 bits per heavy atom. The number of hydrogen-bond acceptors (Lipinski definition) is 3. The Balaban J connectivity index is 2.12. The third-order valence-corrected chi connectivity index (χ3v) is 5.44. The molecule has 4 heteroatoms. The maximum atomic E-state index is 12.8. The van der Waals surface area contributed by atoms with Crippen molar-refractivity contribution in [1.29, 1.82) is 0 Å². The number of rotatable bonds is 7. The normalized spacial score (nSPS) is 28.8. The van der Waals surface area contributed by atoms with Crippen LogP contribution < -0.4 is 5.32 Å². The average molecular weight is 295 g/mol. The van der Waals surface area contributed by atoms with Gasteiger partial charge in [-0.1, -0.05) is 39.5 Å². The number of hydrogen-bond donors (Lipinski definition) is 1. The maximum Gasteiger partial charge on any atom is 0.241 e. The summed E-state index contributed by atoms with van der Waals surface area (Å²) >= 11 is 0. The van der Waals surface area contributed by atoms with Gasteiger partial charge in [0, 0.05) is 12.1 Å². The summed E-state index contributed by atoms with van der Waals surface area (Å²) in [6.45, 7) is 5.26. The molecule has 0 aromatic heterocycles. The average Bonchev–Trinajstić information content (AvgIpc) is 3.02. The number of likely N-dealkylation sites (N-methyl/N-ethyl adjacent to an activating group) is 1. The minimum Gasteiger partial charge on any atom is -0.324 e. The third-order valence-electron chi connectivity index (χ3n) is 5.44. The predicted octanol–water partition coefficient (Wildman–Crippen LogP) is 2.59. The molecule has 2 fully saturated rings. The molecule has 21 heavy (non-hydrogen) atoms. The van der Waals surface area contributed by atoms with E-state index in [4.69, 9.17) is 0 Å². The van der Waals surface area contributed by atoms with E-state index in [1.165, 1.54) is 25.7 Å². The second-order valence-corrected chi connectivity index (χ2v) is 7.10. The summed E-state index contributed by atoms with van der Waals surface area (Å²) in [7, 11) is 4.36. The molecule has 1 saturated carbocycles. The summed E-state index contributed by atoms with van der Waals surface area (Å²) in [4.78, 5) is 17.3. The van der Waals surface area contributed by atoms with Crippen LogP contribution in [0.25, 0.3) is 0 Å². The molecule has 1 N–H and O–H groups in total. The first-order valence-corrected chi connectivity index (χ1v) is 8.78. The van der Waals surface area contributed by atoms with Gasteiger partial charge in [-0.3, -0.25) is 10.1 Å². The van der Waals surface area contributed by atoms with Crippen molar-refractivity contribution in [2.45, 2.75) is 83.0 Å². The molecule has 2 unspecified atom stereocenters. The number of nitrogens with zero attached hydrogens (tertiary/aromatic N) is 2. The van der Waals surface area contributed by atoms with Gasteiger partial charge in [0.2, 0.25) is 5.91 Å². The van der Waals surface area contributed by atoms with E-state index in [0.29, 0.717) is 5.91 Å². The van der Waals surface area contributed by atoms with Crippen molar-refractivity contribution in [2.24, 2.45) is 0 Å². The van der Waals surface area contributed by atoms with Gasteiger partial charge in [-0.15, -0.1) is 0 Å². The van der Waals surface area contributed by atoms with Gasteiger partial charge < -0.3 is 9.80 Å². The fourth-order valence-corrected chi connectivity index (χ4v) is 4.04. The lowest BCUT2D eigenvalue weighted by molar-refractivity contribution is -0.132. The predicted molar refractivity (Wildman–Crippen MR) is 87.1 cm³/mol. The van der Waals surface area contributed by atoms with Gasteiger partial charge in [0.1, 0.15) is 0 Å². The summed E-state index contributed by atoms with van der Waals surface area (Å²) in [6, 6.07) is 0.0483. The van der Waals surface area contributed by atoms with Gasteiger partial charge in [-0.2, -0.15) is 0 Å². The first-order chi connectivity index (χ1) is 10.0. The highest BCUT2D eigenvalue weighted by atomic mass is 16.2. The van der Waals surface area contributed by atoms with E-state index in [-0.39, 0.29) is 17.7 Å². The van der Waals surface area contributed by atoms with Gasteiger partial charge >= 0.3 is 0 Å². The molecule has 0 aromatic rings. The van der Waals surface area contributed by atoms with Gasteiger partial charge in [-0.25, -0.2) is 0 Å². The van der Waals surface area contributed by atoms with Crippen LogP contribution in [-0.2, 0) is 4.79 Å². The molecule has 0 radical (unpaired) electrons. The summed E-state index contributed by atoms with van der Waals surface area (Å²) in [5, 5.41) is 3.58. The number of carbonyl (C=O) groups excluding carboxylic acids is 1. The highest BCUT2D eigenvalue weighted by molar-refractivity contribution is 5.84. The zero-order valence-electron chi connectivity index (χ0n) is 14.3. The van der Waals surface area contributed by atoms with Gasteiger partial charge in [0.25, 0.3) is 0 Å². The van der Waals surface area contributed by atoms with Crippen molar-refractivity contribution >= 4 is 5.91 Å². The molecule has 122 valence electrons. The lowest BCUT2D eigenvalue weighted by atomic mass is 9.94. The molecule has 0 aromatic carbocycles. The molecule has 1 heterocycles. The first-order valence-electron chi connectivity index (χ1n) is 8.78. The van der Waals surface area contributed by atoms with Crippen LogP contribution in [0, 0.1) is 0 Å². The van der Waals surface area contributed by atoms with Crippen LogP contribution >= 0.6 is 0 Å². The number of carbonyl (C=O) groups is 1. The van der Waals surface area contributed by atoms with E-state index in [0.717, 1.165) is 32.2 Å². The van der Waals surface area contributed by atoms with Crippen LogP contribution in [0.4, 0.5) is 0 Å². The fraction of sp³-hybridized carbons (Fsp3) is 0.941. The molecule has 1 aliphatic carbocycles. The van der Waals surface area contributed by atoms with Gasteiger partial charge in [0.05, 0.1) is 12.2 Å². The third kappa shape index (κ3) is 3.42. The van der Waals surface area contributed by atoms with E-state index in [2.05, 4.69) is 43.1 Å². The Bertz CT molecular complexity index is 350. The highest BCUT2D eigenvalue weighted by Crippen LogP contribution is 2.36. The van der Waals surface area contributed by atoms with Crippen LogP contribution in [0.15, 0.2) is 0 Å². The summed E-state index contributed by atoms with van der Waals surface area (Å²) in [6.07, 6.45) is 9.50. The second kappa shape index (κ2) is 7.10. The van der Waals surface area contributed by atoms with Crippen molar-refractivity contribution in [2.75, 3.05) is 20.6 Å². The van der Waals surface area contributed by atoms with Crippen molar-refractivity contribution < 1.29 is 4.79 Å². The van der Waals surface area contributed by atoms with Gasteiger partial charge in [-0.05, 0) is 39.8 Å². The van der Waals surface area contributed by atoms with Crippen LogP contribution in [0.1, 0.15) is 65.2 Å². The summed E-state index contributed by atoms with van der Waals surface area (Å²) < 4.78 is 0. The Morgan fingerprint density at radius 1 is 1.19 bits per heavy atom. The SMILES string of the molecule is CCCC1NC(CCC)N(CC2(N(C)C)CCCC2)C1=O. The van der Waals surface area contributed by atoms with E-state index in [1.54, 1.807) is 0 Å². The Labute approximate surface area is 130 Å². The summed E-state index contributed by atoms with van der Waals surface area (Å²) in [5.41, 5.74) is 0.199. The largest absolute Gasteiger partial charge is 0.324 e. The Kier molecular flexibility index (Phi) is 5.67. The van der Waals surface area contributed by atoms with E-state index >= 15 is 0 Å². The molecular weight excluding hydrogens is 262 g/mol. The molecule has 2 aliphatic rings. The Hall–Kier alpha value is -0.610. The first kappa shape index (κ1) is 16.8. The molecule has 4 nitrogen and oxygen atoms in total. The van der Waals surface area contributed by atoms with Crippen molar-refractivity contribution in [1.82, 2.24) is 15.1 Å². The quantitative estimate of drug-likeness (QED) is 0.784. The lowest BCUT2D eigenvalue weighted by Gasteiger charge is -2.41. The van der Waals surface area contributed by atoms with Crippen molar-refractivity contribution in [3.63, 3.8) is 0 Å². The molecule has 1 aliphatic heterocycles.